The number of amides is 1. The first-order chi connectivity index (χ1) is 10.3. The third-order valence-electron chi connectivity index (χ3n) is 4.99. The van der Waals surface area contributed by atoms with Gasteiger partial charge in [0.1, 0.15) is 5.01 Å². The van der Waals surface area contributed by atoms with Crippen molar-refractivity contribution >= 4 is 17.2 Å². The van der Waals surface area contributed by atoms with Crippen LogP contribution < -0.4 is 0 Å². The summed E-state index contributed by atoms with van der Waals surface area (Å²) in [6, 6.07) is 0. The van der Waals surface area contributed by atoms with Gasteiger partial charge in [0, 0.05) is 44.4 Å². The molecule has 3 saturated heterocycles. The van der Waals surface area contributed by atoms with Crippen LogP contribution in [-0.2, 0) is 16.1 Å². The van der Waals surface area contributed by atoms with Crippen molar-refractivity contribution in [2.75, 3.05) is 39.4 Å². The van der Waals surface area contributed by atoms with E-state index < -0.39 is 0 Å². The number of carbonyl (C=O) groups excluding carboxylic acids is 1. The summed E-state index contributed by atoms with van der Waals surface area (Å²) in [5, 5.41) is 3.24. The Morgan fingerprint density at radius 1 is 1.33 bits per heavy atom. The number of hydrogen-bond donors (Lipinski definition) is 0. The third kappa shape index (κ3) is 2.72. The first kappa shape index (κ1) is 13.7. The molecule has 1 aromatic rings. The van der Waals surface area contributed by atoms with E-state index in [4.69, 9.17) is 4.74 Å². The predicted molar refractivity (Wildman–Crippen MR) is 79.9 cm³/mol. The van der Waals surface area contributed by atoms with E-state index in [-0.39, 0.29) is 5.92 Å². The third-order valence-corrected chi connectivity index (χ3v) is 5.76. The molecule has 21 heavy (non-hydrogen) atoms. The summed E-state index contributed by atoms with van der Waals surface area (Å²) in [7, 11) is 0. The Morgan fingerprint density at radius 3 is 2.76 bits per heavy atom. The highest BCUT2D eigenvalue weighted by atomic mass is 32.1. The summed E-state index contributed by atoms with van der Waals surface area (Å²) in [5.41, 5.74) is 0. The highest BCUT2D eigenvalue weighted by Gasteiger charge is 2.43. The Labute approximate surface area is 128 Å². The van der Waals surface area contributed by atoms with Gasteiger partial charge in [-0.3, -0.25) is 9.69 Å². The normalized spacial score (nSPS) is 32.8. The van der Waals surface area contributed by atoms with Crippen molar-refractivity contribution in [1.29, 1.82) is 0 Å². The standard InChI is InChI=1S/C15H21N3O2S/c19-15(11-1-3-20-10-11)18-7-12-5-17(6-13(12)8-18)9-14-16-2-4-21-14/h2,4,11-13H,1,3,5-10H2/t11-,12-,13+/m0/s1. The molecule has 1 amide bonds. The van der Waals surface area contributed by atoms with Gasteiger partial charge in [0.15, 0.2) is 0 Å². The van der Waals surface area contributed by atoms with Crippen molar-refractivity contribution in [2.45, 2.75) is 13.0 Å². The number of likely N-dealkylation sites (tertiary alicyclic amines) is 2. The van der Waals surface area contributed by atoms with E-state index in [1.54, 1.807) is 11.3 Å². The molecule has 0 radical (unpaired) electrons. The van der Waals surface area contributed by atoms with Crippen molar-refractivity contribution in [1.82, 2.24) is 14.8 Å². The summed E-state index contributed by atoms with van der Waals surface area (Å²) in [6.45, 7) is 6.43. The van der Waals surface area contributed by atoms with Gasteiger partial charge in [-0.25, -0.2) is 4.98 Å². The number of thiazole rings is 1. The van der Waals surface area contributed by atoms with E-state index in [1.807, 2.05) is 11.6 Å². The lowest BCUT2D eigenvalue weighted by molar-refractivity contribution is -0.134. The van der Waals surface area contributed by atoms with Crippen LogP contribution in [0.1, 0.15) is 11.4 Å². The van der Waals surface area contributed by atoms with Gasteiger partial charge >= 0.3 is 0 Å². The zero-order chi connectivity index (χ0) is 14.2. The zero-order valence-electron chi connectivity index (χ0n) is 12.1. The first-order valence-corrected chi connectivity index (χ1v) is 8.65. The second-order valence-electron chi connectivity index (χ2n) is 6.44. The highest BCUT2D eigenvalue weighted by molar-refractivity contribution is 7.09. The van der Waals surface area contributed by atoms with Gasteiger partial charge in [0.25, 0.3) is 0 Å². The fourth-order valence-electron chi connectivity index (χ4n) is 3.91. The lowest BCUT2D eigenvalue weighted by atomic mass is 10.0. The molecular weight excluding hydrogens is 286 g/mol. The monoisotopic (exact) mass is 307 g/mol. The lowest BCUT2D eigenvalue weighted by Gasteiger charge is -2.23. The molecule has 0 aliphatic carbocycles. The van der Waals surface area contributed by atoms with Gasteiger partial charge in [-0.05, 0) is 18.3 Å². The van der Waals surface area contributed by atoms with Crippen molar-refractivity contribution in [2.24, 2.45) is 17.8 Å². The number of fused-ring (bicyclic) bond motifs is 1. The summed E-state index contributed by atoms with van der Waals surface area (Å²) >= 11 is 1.73. The van der Waals surface area contributed by atoms with Crippen LogP contribution in [0.4, 0.5) is 0 Å². The average Bonchev–Trinajstić information content (AvgIpc) is 3.23. The maximum atomic E-state index is 12.4. The number of hydrogen-bond acceptors (Lipinski definition) is 5. The molecule has 114 valence electrons. The SMILES string of the molecule is O=C([C@H]1CCOC1)N1C[C@H]2CN(Cc3nccs3)C[C@H]2C1. The number of rotatable bonds is 3. The molecule has 1 aromatic heterocycles. The van der Waals surface area contributed by atoms with Gasteiger partial charge in [0.05, 0.1) is 19.1 Å². The fourth-order valence-corrected chi connectivity index (χ4v) is 4.57. The Bertz CT molecular complexity index is 487. The fraction of sp³-hybridized carbons (Fsp3) is 0.733. The van der Waals surface area contributed by atoms with E-state index in [0.717, 1.165) is 45.8 Å². The molecular formula is C15H21N3O2S. The van der Waals surface area contributed by atoms with Gasteiger partial charge < -0.3 is 9.64 Å². The second-order valence-corrected chi connectivity index (χ2v) is 7.42. The maximum absolute atomic E-state index is 12.4. The second kappa shape index (κ2) is 5.66. The molecule has 0 unspecified atom stereocenters. The molecule has 4 heterocycles. The molecule has 6 heteroatoms. The largest absolute Gasteiger partial charge is 0.381 e. The minimum absolute atomic E-state index is 0.121. The van der Waals surface area contributed by atoms with E-state index in [1.165, 1.54) is 5.01 Å². The summed E-state index contributed by atoms with van der Waals surface area (Å²) in [6.07, 6.45) is 2.78. The van der Waals surface area contributed by atoms with Gasteiger partial charge in [-0.15, -0.1) is 11.3 Å². The summed E-state index contributed by atoms with van der Waals surface area (Å²) < 4.78 is 5.35. The minimum atomic E-state index is 0.121. The van der Waals surface area contributed by atoms with Crippen LogP contribution in [0.15, 0.2) is 11.6 Å². The molecule has 0 saturated carbocycles. The molecule has 3 aliphatic rings. The number of nitrogens with zero attached hydrogens (tertiary/aromatic N) is 3. The number of ether oxygens (including phenoxy) is 1. The van der Waals surface area contributed by atoms with Crippen LogP contribution in [-0.4, -0.2) is 60.1 Å². The van der Waals surface area contributed by atoms with Crippen LogP contribution in [0.2, 0.25) is 0 Å². The molecule has 3 aliphatic heterocycles. The summed E-state index contributed by atoms with van der Waals surface area (Å²) in [4.78, 5) is 21.4. The topological polar surface area (TPSA) is 45.7 Å². The molecule has 0 aromatic carbocycles. The predicted octanol–water partition coefficient (Wildman–Crippen LogP) is 1.07. The average molecular weight is 307 g/mol. The quantitative estimate of drug-likeness (QED) is 0.838. The number of carbonyl (C=O) groups is 1. The smallest absolute Gasteiger partial charge is 0.228 e. The van der Waals surface area contributed by atoms with Crippen molar-refractivity contribution < 1.29 is 9.53 Å². The van der Waals surface area contributed by atoms with Crippen molar-refractivity contribution in [3.05, 3.63) is 16.6 Å². The number of aromatic nitrogens is 1. The molecule has 0 bridgehead atoms. The first-order valence-electron chi connectivity index (χ1n) is 7.77. The maximum Gasteiger partial charge on any atom is 0.228 e. The van der Waals surface area contributed by atoms with Crippen LogP contribution in [0, 0.1) is 17.8 Å². The molecule has 0 N–H and O–H groups in total. The van der Waals surface area contributed by atoms with E-state index in [0.29, 0.717) is 24.3 Å². The van der Waals surface area contributed by atoms with Gasteiger partial charge in [0.2, 0.25) is 5.91 Å². The van der Waals surface area contributed by atoms with E-state index in [2.05, 4.69) is 14.8 Å². The van der Waals surface area contributed by atoms with E-state index in [9.17, 15) is 4.79 Å². The molecule has 0 spiro atoms. The van der Waals surface area contributed by atoms with Crippen LogP contribution in [0.5, 0.6) is 0 Å². The lowest BCUT2D eigenvalue weighted by Crippen LogP contribution is -2.37. The van der Waals surface area contributed by atoms with Crippen LogP contribution in [0.25, 0.3) is 0 Å². The molecule has 5 nitrogen and oxygen atoms in total. The zero-order valence-corrected chi connectivity index (χ0v) is 12.9. The van der Waals surface area contributed by atoms with Gasteiger partial charge in [-0.2, -0.15) is 0 Å². The van der Waals surface area contributed by atoms with E-state index >= 15 is 0 Å². The molecule has 3 atom stereocenters. The summed E-state index contributed by atoms with van der Waals surface area (Å²) in [5.74, 6) is 1.75. The Balaban J connectivity index is 1.32. The highest BCUT2D eigenvalue weighted by Crippen LogP contribution is 2.33. The molecule has 4 rings (SSSR count). The van der Waals surface area contributed by atoms with Crippen molar-refractivity contribution in [3.63, 3.8) is 0 Å². The molecule has 3 fully saturated rings. The van der Waals surface area contributed by atoms with Crippen LogP contribution >= 0.6 is 11.3 Å². The Morgan fingerprint density at radius 2 is 2.14 bits per heavy atom. The Hall–Kier alpha value is -0.980. The minimum Gasteiger partial charge on any atom is -0.381 e. The van der Waals surface area contributed by atoms with Gasteiger partial charge in [-0.1, -0.05) is 0 Å². The van der Waals surface area contributed by atoms with Crippen LogP contribution in [0.3, 0.4) is 0 Å². The van der Waals surface area contributed by atoms with Crippen molar-refractivity contribution in [3.8, 4) is 0 Å². The Kier molecular flexibility index (Phi) is 3.69.